The number of amides is 1. The molecule has 1 aliphatic heterocycles. The molecule has 1 fully saturated rings. The molecule has 1 aromatic heterocycles. The van der Waals surface area contributed by atoms with E-state index < -0.39 is 0 Å². The summed E-state index contributed by atoms with van der Waals surface area (Å²) in [7, 11) is 0. The minimum atomic E-state index is 0.0952. The molecule has 0 saturated carbocycles. The van der Waals surface area contributed by atoms with Crippen LogP contribution in [0.5, 0.6) is 0 Å². The van der Waals surface area contributed by atoms with Crippen LogP contribution >= 0.6 is 0 Å². The van der Waals surface area contributed by atoms with Crippen LogP contribution in [0.15, 0.2) is 16.7 Å². The van der Waals surface area contributed by atoms with Crippen molar-refractivity contribution in [1.82, 2.24) is 10.2 Å². The Morgan fingerprint density at radius 3 is 2.86 bits per heavy atom. The minimum absolute atomic E-state index is 0.0952. The highest BCUT2D eigenvalue weighted by Crippen LogP contribution is 2.22. The fourth-order valence-electron chi connectivity index (χ4n) is 3.09. The molecule has 2 rings (SSSR count). The second-order valence-electron chi connectivity index (χ2n) is 6.41. The quantitative estimate of drug-likeness (QED) is 0.907. The van der Waals surface area contributed by atoms with E-state index in [0.717, 1.165) is 38.2 Å². The van der Waals surface area contributed by atoms with Crippen molar-refractivity contribution in [2.24, 2.45) is 11.8 Å². The van der Waals surface area contributed by atoms with Gasteiger partial charge in [-0.3, -0.25) is 4.79 Å². The molecule has 1 amide bonds. The number of rotatable bonds is 5. The summed E-state index contributed by atoms with van der Waals surface area (Å²) in [6, 6.07) is 2.47. The number of piperidine rings is 1. The van der Waals surface area contributed by atoms with Crippen LogP contribution < -0.4 is 5.32 Å². The van der Waals surface area contributed by atoms with E-state index >= 15 is 0 Å². The van der Waals surface area contributed by atoms with E-state index in [1.165, 1.54) is 5.56 Å². The van der Waals surface area contributed by atoms with Crippen LogP contribution in [-0.2, 0) is 11.3 Å². The minimum Gasteiger partial charge on any atom is -0.468 e. The van der Waals surface area contributed by atoms with Crippen LogP contribution in [0, 0.1) is 18.8 Å². The lowest BCUT2D eigenvalue weighted by Crippen LogP contribution is -2.51. The Morgan fingerprint density at radius 1 is 1.52 bits per heavy atom. The first-order chi connectivity index (χ1) is 10.0. The van der Waals surface area contributed by atoms with Crippen molar-refractivity contribution in [2.75, 3.05) is 13.1 Å². The van der Waals surface area contributed by atoms with Gasteiger partial charge in [0.25, 0.3) is 0 Å². The smallest absolute Gasteiger partial charge is 0.225 e. The Balaban J connectivity index is 1.90. The highest BCUT2D eigenvalue weighted by Gasteiger charge is 2.30. The molecular weight excluding hydrogens is 264 g/mol. The highest BCUT2D eigenvalue weighted by molar-refractivity contribution is 5.78. The number of likely N-dealkylation sites (tertiary alicyclic amines) is 1. The van der Waals surface area contributed by atoms with Crippen LogP contribution in [0.25, 0.3) is 0 Å². The largest absolute Gasteiger partial charge is 0.468 e. The van der Waals surface area contributed by atoms with E-state index in [-0.39, 0.29) is 11.8 Å². The molecule has 118 valence electrons. The van der Waals surface area contributed by atoms with Gasteiger partial charge in [0.05, 0.1) is 12.8 Å². The number of aryl methyl sites for hydroxylation is 1. The van der Waals surface area contributed by atoms with E-state index in [1.54, 1.807) is 6.26 Å². The summed E-state index contributed by atoms with van der Waals surface area (Å²) >= 11 is 0. The Labute approximate surface area is 127 Å². The zero-order valence-corrected chi connectivity index (χ0v) is 13.7. The summed E-state index contributed by atoms with van der Waals surface area (Å²) in [4.78, 5) is 14.2. The SMILES string of the molecule is CC[C@@H]1CN(C(=O)C(C)C)CC[C@@H]1NCc1occc1C. The fourth-order valence-corrected chi connectivity index (χ4v) is 3.09. The second kappa shape index (κ2) is 7.12. The van der Waals surface area contributed by atoms with Gasteiger partial charge < -0.3 is 14.6 Å². The molecule has 0 radical (unpaired) electrons. The molecule has 1 aromatic rings. The van der Waals surface area contributed by atoms with E-state index in [1.807, 2.05) is 24.8 Å². The van der Waals surface area contributed by atoms with Crippen molar-refractivity contribution in [3.63, 3.8) is 0 Å². The number of hydrogen-bond donors (Lipinski definition) is 1. The summed E-state index contributed by atoms with van der Waals surface area (Å²) in [6.45, 7) is 10.8. The zero-order chi connectivity index (χ0) is 15.4. The van der Waals surface area contributed by atoms with Gasteiger partial charge in [0.2, 0.25) is 5.91 Å². The number of furan rings is 1. The first-order valence-electron chi connectivity index (χ1n) is 8.08. The summed E-state index contributed by atoms with van der Waals surface area (Å²) in [6.07, 6.45) is 3.86. The first kappa shape index (κ1) is 16.1. The lowest BCUT2D eigenvalue weighted by Gasteiger charge is -2.39. The zero-order valence-electron chi connectivity index (χ0n) is 13.7. The van der Waals surface area contributed by atoms with E-state index in [0.29, 0.717) is 12.0 Å². The maximum Gasteiger partial charge on any atom is 0.225 e. The topological polar surface area (TPSA) is 45.5 Å². The van der Waals surface area contributed by atoms with Crippen LogP contribution in [0.3, 0.4) is 0 Å². The Kier molecular flexibility index (Phi) is 5.45. The van der Waals surface area contributed by atoms with Gasteiger partial charge in [-0.2, -0.15) is 0 Å². The lowest BCUT2D eigenvalue weighted by molar-refractivity contribution is -0.136. The molecule has 2 heterocycles. The van der Waals surface area contributed by atoms with Crippen molar-refractivity contribution in [3.8, 4) is 0 Å². The molecule has 1 aliphatic rings. The third-order valence-electron chi connectivity index (χ3n) is 4.56. The van der Waals surface area contributed by atoms with E-state index in [9.17, 15) is 4.79 Å². The number of carbonyl (C=O) groups excluding carboxylic acids is 1. The molecule has 21 heavy (non-hydrogen) atoms. The Hall–Kier alpha value is -1.29. The summed E-state index contributed by atoms with van der Waals surface area (Å²) in [5, 5.41) is 3.62. The maximum atomic E-state index is 12.1. The predicted octanol–water partition coefficient (Wildman–Crippen LogP) is 2.96. The van der Waals surface area contributed by atoms with Gasteiger partial charge in [0, 0.05) is 25.0 Å². The Bertz CT molecular complexity index is 467. The molecule has 0 aliphatic carbocycles. The summed E-state index contributed by atoms with van der Waals surface area (Å²) in [5.74, 6) is 1.92. The molecule has 4 heteroatoms. The van der Waals surface area contributed by atoms with Crippen LogP contribution in [0.1, 0.15) is 44.9 Å². The average molecular weight is 292 g/mol. The number of nitrogens with zero attached hydrogens (tertiary/aromatic N) is 1. The third kappa shape index (κ3) is 3.88. The number of hydrogen-bond acceptors (Lipinski definition) is 3. The highest BCUT2D eigenvalue weighted by atomic mass is 16.3. The molecule has 4 nitrogen and oxygen atoms in total. The fraction of sp³-hybridized carbons (Fsp3) is 0.706. The van der Waals surface area contributed by atoms with Gasteiger partial charge in [0.15, 0.2) is 0 Å². The molecular formula is C17H28N2O2. The van der Waals surface area contributed by atoms with Crippen LogP contribution in [-0.4, -0.2) is 29.9 Å². The summed E-state index contributed by atoms with van der Waals surface area (Å²) < 4.78 is 5.49. The normalized spacial score (nSPS) is 22.8. The maximum absolute atomic E-state index is 12.1. The predicted molar refractivity (Wildman–Crippen MR) is 83.9 cm³/mol. The number of carbonyl (C=O) groups is 1. The van der Waals surface area contributed by atoms with E-state index in [4.69, 9.17) is 4.42 Å². The van der Waals surface area contributed by atoms with Crippen molar-refractivity contribution in [2.45, 2.75) is 53.1 Å². The van der Waals surface area contributed by atoms with Gasteiger partial charge in [-0.05, 0) is 30.9 Å². The van der Waals surface area contributed by atoms with Crippen LogP contribution in [0.2, 0.25) is 0 Å². The average Bonchev–Trinajstić information content (AvgIpc) is 2.89. The molecule has 0 spiro atoms. The molecule has 1 N–H and O–H groups in total. The number of nitrogens with one attached hydrogen (secondary N) is 1. The molecule has 1 saturated heterocycles. The van der Waals surface area contributed by atoms with Gasteiger partial charge in [-0.1, -0.05) is 27.2 Å². The Morgan fingerprint density at radius 2 is 2.29 bits per heavy atom. The summed E-state index contributed by atoms with van der Waals surface area (Å²) in [5.41, 5.74) is 1.20. The molecule has 0 aromatic carbocycles. The molecule has 2 atom stereocenters. The third-order valence-corrected chi connectivity index (χ3v) is 4.56. The lowest BCUT2D eigenvalue weighted by atomic mass is 9.89. The molecule has 0 unspecified atom stereocenters. The standard InChI is InChI=1S/C17H28N2O2/c1-5-14-11-19(17(20)12(2)3)8-6-15(14)18-10-16-13(4)7-9-21-16/h7,9,12,14-15,18H,5-6,8,10-11H2,1-4H3/t14-,15+/m1/s1. The van der Waals surface area contributed by atoms with Gasteiger partial charge in [-0.15, -0.1) is 0 Å². The van der Waals surface area contributed by atoms with Crippen molar-refractivity contribution in [3.05, 3.63) is 23.7 Å². The molecule has 0 bridgehead atoms. The van der Waals surface area contributed by atoms with E-state index in [2.05, 4.69) is 19.2 Å². The van der Waals surface area contributed by atoms with Gasteiger partial charge >= 0.3 is 0 Å². The van der Waals surface area contributed by atoms with Crippen molar-refractivity contribution in [1.29, 1.82) is 0 Å². The second-order valence-corrected chi connectivity index (χ2v) is 6.41. The first-order valence-corrected chi connectivity index (χ1v) is 8.08. The van der Waals surface area contributed by atoms with Gasteiger partial charge in [0.1, 0.15) is 5.76 Å². The van der Waals surface area contributed by atoms with Crippen LogP contribution in [0.4, 0.5) is 0 Å². The van der Waals surface area contributed by atoms with Gasteiger partial charge in [-0.25, -0.2) is 0 Å². The monoisotopic (exact) mass is 292 g/mol. The van der Waals surface area contributed by atoms with Crippen molar-refractivity contribution >= 4 is 5.91 Å². The van der Waals surface area contributed by atoms with Crippen molar-refractivity contribution < 1.29 is 9.21 Å².